The highest BCUT2D eigenvalue weighted by Gasteiger charge is 2.17. The average molecular weight is 405 g/mol. The van der Waals surface area contributed by atoms with Crippen LogP contribution in [0, 0.1) is 6.92 Å². The lowest BCUT2D eigenvalue weighted by atomic mass is 9.95. The number of aryl methyl sites for hydroxylation is 1. The molecule has 0 radical (unpaired) electrons. The number of rotatable bonds is 7. The molecule has 0 spiro atoms. The van der Waals surface area contributed by atoms with Crippen LogP contribution in [0.2, 0.25) is 0 Å². The standard InChI is InChI=1S/C20H24N2O3S2/c1-14-21-17(12-26-14)13-27-18-9-7-15(8-10-18)20(24)25-11-19(23)22-16-5-3-2-4-6-16/h7-10,12,16H,2-6,11,13H2,1H3,(H,22,23). The van der Waals surface area contributed by atoms with Gasteiger partial charge in [-0.15, -0.1) is 23.1 Å². The van der Waals surface area contributed by atoms with Gasteiger partial charge in [-0.1, -0.05) is 19.3 Å². The smallest absolute Gasteiger partial charge is 0.338 e. The molecular formula is C20H24N2O3S2. The van der Waals surface area contributed by atoms with Gasteiger partial charge in [0.05, 0.1) is 16.3 Å². The van der Waals surface area contributed by atoms with Gasteiger partial charge in [-0.2, -0.15) is 0 Å². The van der Waals surface area contributed by atoms with Crippen LogP contribution in [0.4, 0.5) is 0 Å². The van der Waals surface area contributed by atoms with Crippen molar-refractivity contribution in [2.75, 3.05) is 6.61 Å². The van der Waals surface area contributed by atoms with Gasteiger partial charge in [0.2, 0.25) is 0 Å². The number of esters is 1. The van der Waals surface area contributed by atoms with Crippen LogP contribution in [0.25, 0.3) is 0 Å². The molecule has 1 aliphatic carbocycles. The number of nitrogens with zero attached hydrogens (tertiary/aromatic N) is 1. The molecule has 3 rings (SSSR count). The molecule has 144 valence electrons. The summed E-state index contributed by atoms with van der Waals surface area (Å²) < 4.78 is 5.14. The lowest BCUT2D eigenvalue weighted by Crippen LogP contribution is -2.38. The third kappa shape index (κ3) is 6.36. The Kier molecular flexibility index (Phi) is 7.29. The normalized spacial score (nSPS) is 14.7. The number of aromatic nitrogens is 1. The topological polar surface area (TPSA) is 68.3 Å². The molecule has 1 amide bonds. The highest BCUT2D eigenvalue weighted by atomic mass is 32.2. The summed E-state index contributed by atoms with van der Waals surface area (Å²) >= 11 is 3.32. The third-order valence-corrected chi connectivity index (χ3v) is 6.32. The number of hydrogen-bond donors (Lipinski definition) is 1. The van der Waals surface area contributed by atoms with E-state index in [0.717, 1.165) is 47.0 Å². The van der Waals surface area contributed by atoms with Gasteiger partial charge in [-0.3, -0.25) is 4.79 Å². The molecule has 7 heteroatoms. The van der Waals surface area contributed by atoms with Gasteiger partial charge >= 0.3 is 5.97 Å². The molecule has 0 saturated heterocycles. The zero-order valence-electron chi connectivity index (χ0n) is 15.4. The predicted molar refractivity (Wildman–Crippen MR) is 108 cm³/mol. The minimum absolute atomic E-state index is 0.221. The number of hydrogen-bond acceptors (Lipinski definition) is 6. The monoisotopic (exact) mass is 404 g/mol. The van der Waals surface area contributed by atoms with Crippen molar-refractivity contribution in [1.29, 1.82) is 0 Å². The molecule has 1 fully saturated rings. The first-order valence-corrected chi connectivity index (χ1v) is 11.1. The molecule has 0 aliphatic heterocycles. The molecule has 0 bridgehead atoms. The van der Waals surface area contributed by atoms with Crippen molar-refractivity contribution in [3.8, 4) is 0 Å². The fourth-order valence-electron chi connectivity index (χ4n) is 3.05. The highest BCUT2D eigenvalue weighted by Crippen LogP contribution is 2.24. The third-order valence-electron chi connectivity index (χ3n) is 4.45. The number of carbonyl (C=O) groups is 2. The van der Waals surface area contributed by atoms with Crippen LogP contribution in [-0.4, -0.2) is 29.5 Å². The van der Waals surface area contributed by atoms with Crippen molar-refractivity contribution >= 4 is 35.0 Å². The molecule has 0 unspecified atom stereocenters. The Bertz CT molecular complexity index is 768. The fraction of sp³-hybridized carbons (Fsp3) is 0.450. The zero-order chi connectivity index (χ0) is 19.1. The first-order valence-electron chi connectivity index (χ1n) is 9.20. The molecule has 1 heterocycles. The molecule has 1 aromatic heterocycles. The van der Waals surface area contributed by atoms with Crippen LogP contribution in [0.1, 0.15) is 53.2 Å². The molecule has 1 aliphatic rings. The van der Waals surface area contributed by atoms with E-state index >= 15 is 0 Å². The SMILES string of the molecule is Cc1nc(CSc2ccc(C(=O)OCC(=O)NC3CCCCC3)cc2)cs1. The number of carbonyl (C=O) groups excluding carboxylic acids is 2. The van der Waals surface area contributed by atoms with Gasteiger partial charge in [-0.25, -0.2) is 9.78 Å². The molecule has 2 aromatic rings. The Morgan fingerprint density at radius 1 is 1.22 bits per heavy atom. The van der Waals surface area contributed by atoms with Crippen LogP contribution in [-0.2, 0) is 15.3 Å². The summed E-state index contributed by atoms with van der Waals surface area (Å²) in [5.41, 5.74) is 1.52. The summed E-state index contributed by atoms with van der Waals surface area (Å²) in [4.78, 5) is 29.5. The minimum Gasteiger partial charge on any atom is -0.452 e. The molecule has 27 heavy (non-hydrogen) atoms. The van der Waals surface area contributed by atoms with Crippen molar-refractivity contribution in [3.05, 3.63) is 45.9 Å². The Morgan fingerprint density at radius 3 is 2.63 bits per heavy atom. The van der Waals surface area contributed by atoms with Crippen molar-refractivity contribution in [2.24, 2.45) is 0 Å². The summed E-state index contributed by atoms with van der Waals surface area (Å²) in [5.74, 6) is 0.108. The van der Waals surface area contributed by atoms with E-state index in [1.807, 2.05) is 19.1 Å². The molecule has 1 N–H and O–H groups in total. The van der Waals surface area contributed by atoms with Crippen molar-refractivity contribution in [2.45, 2.75) is 55.7 Å². The van der Waals surface area contributed by atoms with Crippen LogP contribution in [0.5, 0.6) is 0 Å². The van der Waals surface area contributed by atoms with Crippen LogP contribution < -0.4 is 5.32 Å². The molecule has 1 saturated carbocycles. The second-order valence-corrected chi connectivity index (χ2v) is 8.76. The quantitative estimate of drug-likeness (QED) is 0.549. The predicted octanol–water partition coefficient (Wildman–Crippen LogP) is 4.35. The lowest BCUT2D eigenvalue weighted by Gasteiger charge is -2.22. The van der Waals surface area contributed by atoms with E-state index < -0.39 is 5.97 Å². The van der Waals surface area contributed by atoms with E-state index in [4.69, 9.17) is 4.74 Å². The zero-order valence-corrected chi connectivity index (χ0v) is 17.0. The second kappa shape index (κ2) is 9.90. The van der Waals surface area contributed by atoms with E-state index in [9.17, 15) is 9.59 Å². The van der Waals surface area contributed by atoms with Crippen molar-refractivity contribution < 1.29 is 14.3 Å². The number of nitrogens with one attached hydrogen (secondary N) is 1. The first-order chi connectivity index (χ1) is 13.1. The number of thioether (sulfide) groups is 1. The van der Waals surface area contributed by atoms with Crippen LogP contribution in [0.3, 0.4) is 0 Å². The van der Waals surface area contributed by atoms with Gasteiger partial charge in [0, 0.05) is 22.1 Å². The van der Waals surface area contributed by atoms with Crippen LogP contribution >= 0.6 is 23.1 Å². The van der Waals surface area contributed by atoms with E-state index in [1.165, 1.54) is 6.42 Å². The summed E-state index contributed by atoms with van der Waals surface area (Å²) in [5, 5.41) is 6.07. The summed E-state index contributed by atoms with van der Waals surface area (Å²) in [6.45, 7) is 1.77. The largest absolute Gasteiger partial charge is 0.452 e. The van der Waals surface area contributed by atoms with Gasteiger partial charge in [0.1, 0.15) is 0 Å². The first kappa shape index (κ1) is 19.9. The Balaban J connectivity index is 1.42. The maximum absolute atomic E-state index is 12.1. The van der Waals surface area contributed by atoms with E-state index in [0.29, 0.717) is 5.56 Å². The minimum atomic E-state index is -0.472. The van der Waals surface area contributed by atoms with Gasteiger partial charge in [0.25, 0.3) is 5.91 Å². The van der Waals surface area contributed by atoms with Gasteiger partial charge < -0.3 is 10.1 Å². The molecule has 1 aromatic carbocycles. The lowest BCUT2D eigenvalue weighted by molar-refractivity contribution is -0.125. The molecule has 0 atom stereocenters. The van der Waals surface area contributed by atoms with Gasteiger partial charge in [0.15, 0.2) is 6.61 Å². The van der Waals surface area contributed by atoms with Crippen molar-refractivity contribution in [1.82, 2.24) is 10.3 Å². The van der Waals surface area contributed by atoms with Crippen LogP contribution in [0.15, 0.2) is 34.5 Å². The maximum atomic E-state index is 12.1. The number of thiazole rings is 1. The summed E-state index contributed by atoms with van der Waals surface area (Å²) in [6, 6.07) is 7.47. The van der Waals surface area contributed by atoms with Crippen molar-refractivity contribution in [3.63, 3.8) is 0 Å². The van der Waals surface area contributed by atoms with E-state index in [1.54, 1.807) is 35.2 Å². The fourth-order valence-corrected chi connectivity index (χ4v) is 4.56. The Labute approximate surface area is 167 Å². The Hall–Kier alpha value is -1.86. The number of ether oxygens (including phenoxy) is 1. The Morgan fingerprint density at radius 2 is 1.96 bits per heavy atom. The highest BCUT2D eigenvalue weighted by molar-refractivity contribution is 7.98. The number of benzene rings is 1. The molecule has 5 nitrogen and oxygen atoms in total. The van der Waals surface area contributed by atoms with E-state index in [-0.39, 0.29) is 18.6 Å². The van der Waals surface area contributed by atoms with Gasteiger partial charge in [-0.05, 0) is 44.0 Å². The average Bonchev–Trinajstić information content (AvgIpc) is 3.11. The van der Waals surface area contributed by atoms with E-state index in [2.05, 4.69) is 15.7 Å². The second-order valence-electron chi connectivity index (χ2n) is 6.65. The number of amides is 1. The summed E-state index contributed by atoms with van der Waals surface area (Å²) in [6.07, 6.45) is 5.56. The summed E-state index contributed by atoms with van der Waals surface area (Å²) in [7, 11) is 0. The molecular weight excluding hydrogens is 380 g/mol. The maximum Gasteiger partial charge on any atom is 0.338 e.